The van der Waals surface area contributed by atoms with E-state index in [1.807, 2.05) is 13.0 Å². The summed E-state index contributed by atoms with van der Waals surface area (Å²) in [6.07, 6.45) is 1.60. The first kappa shape index (κ1) is 13.8. The highest BCUT2D eigenvalue weighted by Gasteiger charge is 2.19. The molecule has 1 aliphatic heterocycles. The molecule has 1 aromatic heterocycles. The number of ether oxygens (including phenoxy) is 1. The van der Waals surface area contributed by atoms with E-state index in [2.05, 4.69) is 22.1 Å². The van der Waals surface area contributed by atoms with Crippen LogP contribution >= 0.6 is 0 Å². The van der Waals surface area contributed by atoms with Crippen molar-refractivity contribution >= 4 is 11.8 Å². The third kappa shape index (κ3) is 3.23. The Labute approximate surface area is 114 Å². The fourth-order valence-corrected chi connectivity index (χ4v) is 2.35. The molecule has 1 saturated heterocycles. The molecule has 0 amide bonds. The molecule has 2 heterocycles. The molecule has 2 rings (SSSR count). The molecule has 1 aliphatic rings. The van der Waals surface area contributed by atoms with Crippen molar-refractivity contribution in [3.05, 3.63) is 23.4 Å². The van der Waals surface area contributed by atoms with Gasteiger partial charge in [0.1, 0.15) is 5.82 Å². The molecule has 1 aromatic rings. The van der Waals surface area contributed by atoms with Crippen LogP contribution in [0, 0.1) is 6.92 Å². The van der Waals surface area contributed by atoms with Crippen LogP contribution in [0.5, 0.6) is 0 Å². The molecule has 5 heteroatoms. The number of rotatable bonds is 3. The molecule has 0 aliphatic carbocycles. The lowest BCUT2D eigenvalue weighted by atomic mass is 10.1. The Balaban J connectivity index is 2.17. The number of piperazine rings is 1. The number of hydrogen-bond acceptors (Lipinski definition) is 5. The Kier molecular flexibility index (Phi) is 4.37. The second-order valence-corrected chi connectivity index (χ2v) is 4.89. The van der Waals surface area contributed by atoms with Crippen LogP contribution in [-0.2, 0) is 4.74 Å². The smallest absolute Gasteiger partial charge is 0.339 e. The highest BCUT2D eigenvalue weighted by molar-refractivity contribution is 5.89. The van der Waals surface area contributed by atoms with Gasteiger partial charge in [-0.25, -0.2) is 9.78 Å². The third-order valence-electron chi connectivity index (χ3n) is 3.23. The third-order valence-corrected chi connectivity index (χ3v) is 3.23. The van der Waals surface area contributed by atoms with Gasteiger partial charge in [-0.1, -0.05) is 0 Å². The maximum absolute atomic E-state index is 11.7. The molecule has 0 bridgehead atoms. The molecule has 1 atom stereocenters. The largest absolute Gasteiger partial charge is 0.462 e. The van der Waals surface area contributed by atoms with E-state index in [1.54, 1.807) is 13.1 Å². The van der Waals surface area contributed by atoms with Gasteiger partial charge in [0.15, 0.2) is 0 Å². The second kappa shape index (κ2) is 6.02. The van der Waals surface area contributed by atoms with Gasteiger partial charge in [-0.15, -0.1) is 0 Å². The van der Waals surface area contributed by atoms with E-state index in [4.69, 9.17) is 4.74 Å². The average Bonchev–Trinajstić information content (AvgIpc) is 2.38. The van der Waals surface area contributed by atoms with Crippen LogP contribution in [0.4, 0.5) is 5.82 Å². The Morgan fingerprint density at radius 1 is 1.63 bits per heavy atom. The van der Waals surface area contributed by atoms with Gasteiger partial charge in [-0.2, -0.15) is 0 Å². The van der Waals surface area contributed by atoms with Crippen molar-refractivity contribution in [2.45, 2.75) is 26.8 Å². The molecular weight excluding hydrogens is 242 g/mol. The van der Waals surface area contributed by atoms with Crippen molar-refractivity contribution in [2.75, 3.05) is 31.1 Å². The molecular formula is C14H21N3O2. The van der Waals surface area contributed by atoms with E-state index in [-0.39, 0.29) is 5.97 Å². The lowest BCUT2D eigenvalue weighted by Gasteiger charge is -2.33. The predicted molar refractivity (Wildman–Crippen MR) is 74.6 cm³/mol. The summed E-state index contributed by atoms with van der Waals surface area (Å²) in [5.74, 6) is 0.653. The van der Waals surface area contributed by atoms with Crippen LogP contribution in [0.15, 0.2) is 12.3 Å². The standard InChI is InChI=1S/C14H21N3O2/c1-4-19-14(18)12-7-10(2)13(16-8-12)17-6-5-15-11(3)9-17/h7-8,11,15H,4-6,9H2,1-3H3. The summed E-state index contributed by atoms with van der Waals surface area (Å²) in [7, 11) is 0. The first-order chi connectivity index (χ1) is 9.11. The van der Waals surface area contributed by atoms with Crippen LogP contribution in [0.25, 0.3) is 0 Å². The summed E-state index contributed by atoms with van der Waals surface area (Å²) in [6, 6.07) is 2.31. The van der Waals surface area contributed by atoms with E-state index < -0.39 is 0 Å². The Hall–Kier alpha value is -1.62. The summed E-state index contributed by atoms with van der Waals surface area (Å²) in [6.45, 7) is 9.17. The fraction of sp³-hybridized carbons (Fsp3) is 0.571. The number of nitrogens with zero attached hydrogens (tertiary/aromatic N) is 2. The first-order valence-corrected chi connectivity index (χ1v) is 6.74. The van der Waals surface area contributed by atoms with Crippen LogP contribution < -0.4 is 10.2 Å². The molecule has 5 nitrogen and oxygen atoms in total. The number of pyridine rings is 1. The topological polar surface area (TPSA) is 54.5 Å². The van der Waals surface area contributed by atoms with Crippen molar-refractivity contribution in [1.82, 2.24) is 10.3 Å². The van der Waals surface area contributed by atoms with Gasteiger partial charge in [0.25, 0.3) is 0 Å². The minimum absolute atomic E-state index is 0.307. The summed E-state index contributed by atoms with van der Waals surface area (Å²) < 4.78 is 4.98. The summed E-state index contributed by atoms with van der Waals surface area (Å²) >= 11 is 0. The van der Waals surface area contributed by atoms with Gasteiger partial charge in [0.2, 0.25) is 0 Å². The van der Waals surface area contributed by atoms with E-state index in [1.165, 1.54) is 0 Å². The highest BCUT2D eigenvalue weighted by atomic mass is 16.5. The molecule has 0 radical (unpaired) electrons. The zero-order chi connectivity index (χ0) is 13.8. The van der Waals surface area contributed by atoms with Crippen LogP contribution in [0.1, 0.15) is 29.8 Å². The maximum Gasteiger partial charge on any atom is 0.339 e. The minimum Gasteiger partial charge on any atom is -0.462 e. The van der Waals surface area contributed by atoms with Crippen molar-refractivity contribution in [3.63, 3.8) is 0 Å². The molecule has 0 aromatic carbocycles. The summed E-state index contributed by atoms with van der Waals surface area (Å²) in [4.78, 5) is 18.3. The molecule has 1 fully saturated rings. The molecule has 1 unspecified atom stereocenters. The molecule has 1 N–H and O–H groups in total. The molecule has 0 spiro atoms. The van der Waals surface area contributed by atoms with Gasteiger partial charge < -0.3 is 15.0 Å². The summed E-state index contributed by atoms with van der Waals surface area (Å²) in [5, 5.41) is 3.40. The molecule has 104 valence electrons. The number of hydrogen-bond donors (Lipinski definition) is 1. The van der Waals surface area contributed by atoms with E-state index in [0.29, 0.717) is 18.2 Å². The minimum atomic E-state index is -0.307. The molecule has 0 saturated carbocycles. The monoisotopic (exact) mass is 263 g/mol. The van der Waals surface area contributed by atoms with Gasteiger partial charge in [-0.05, 0) is 32.4 Å². The Bertz CT molecular complexity index is 462. The number of aromatic nitrogens is 1. The van der Waals surface area contributed by atoms with Crippen LogP contribution in [-0.4, -0.2) is 43.2 Å². The fourth-order valence-electron chi connectivity index (χ4n) is 2.35. The number of anilines is 1. The van der Waals surface area contributed by atoms with E-state index >= 15 is 0 Å². The van der Waals surface area contributed by atoms with Crippen molar-refractivity contribution in [1.29, 1.82) is 0 Å². The first-order valence-electron chi connectivity index (χ1n) is 6.74. The zero-order valence-electron chi connectivity index (χ0n) is 11.8. The van der Waals surface area contributed by atoms with E-state index in [0.717, 1.165) is 31.0 Å². The Morgan fingerprint density at radius 2 is 2.42 bits per heavy atom. The van der Waals surface area contributed by atoms with Crippen molar-refractivity contribution < 1.29 is 9.53 Å². The average molecular weight is 263 g/mol. The van der Waals surface area contributed by atoms with Gasteiger partial charge in [-0.3, -0.25) is 0 Å². The van der Waals surface area contributed by atoms with Gasteiger partial charge >= 0.3 is 5.97 Å². The maximum atomic E-state index is 11.7. The van der Waals surface area contributed by atoms with Crippen LogP contribution in [0.3, 0.4) is 0 Å². The lowest BCUT2D eigenvalue weighted by Crippen LogP contribution is -2.49. The second-order valence-electron chi connectivity index (χ2n) is 4.89. The number of carbonyl (C=O) groups is 1. The SMILES string of the molecule is CCOC(=O)c1cnc(N2CCNC(C)C2)c(C)c1. The predicted octanol–water partition coefficient (Wildman–Crippen LogP) is 1.36. The normalized spacial score (nSPS) is 19.3. The van der Waals surface area contributed by atoms with Gasteiger partial charge in [0.05, 0.1) is 12.2 Å². The lowest BCUT2D eigenvalue weighted by molar-refractivity contribution is 0.0526. The number of carbonyl (C=O) groups excluding carboxylic acids is 1. The van der Waals surface area contributed by atoms with Gasteiger partial charge in [0, 0.05) is 31.9 Å². The number of aryl methyl sites for hydroxylation is 1. The highest BCUT2D eigenvalue weighted by Crippen LogP contribution is 2.19. The van der Waals surface area contributed by atoms with Crippen molar-refractivity contribution in [2.24, 2.45) is 0 Å². The van der Waals surface area contributed by atoms with Crippen molar-refractivity contribution in [3.8, 4) is 0 Å². The van der Waals surface area contributed by atoms with Crippen LogP contribution in [0.2, 0.25) is 0 Å². The number of esters is 1. The molecule has 19 heavy (non-hydrogen) atoms. The summed E-state index contributed by atoms with van der Waals surface area (Å²) in [5.41, 5.74) is 1.53. The Morgan fingerprint density at radius 3 is 3.05 bits per heavy atom. The van der Waals surface area contributed by atoms with E-state index in [9.17, 15) is 4.79 Å². The zero-order valence-corrected chi connectivity index (χ0v) is 11.8. The quantitative estimate of drug-likeness (QED) is 0.835. The number of nitrogens with one attached hydrogen (secondary N) is 1.